The number of hydrogen-bond donors (Lipinski definition) is 3. The lowest BCUT2D eigenvalue weighted by Gasteiger charge is -2.31. The maximum absolute atomic E-state index is 13.6. The number of carbonyl (C=O) groups excluding carboxylic acids is 2. The summed E-state index contributed by atoms with van der Waals surface area (Å²) in [7, 11) is 0. The minimum absolute atomic E-state index is 0.122. The van der Waals surface area contributed by atoms with Gasteiger partial charge in [0.1, 0.15) is 5.82 Å². The van der Waals surface area contributed by atoms with Crippen molar-refractivity contribution in [3.8, 4) is 11.4 Å². The van der Waals surface area contributed by atoms with E-state index in [0.29, 0.717) is 51.0 Å². The zero-order valence-corrected chi connectivity index (χ0v) is 20.2. The van der Waals surface area contributed by atoms with Crippen molar-refractivity contribution in [3.63, 3.8) is 0 Å². The molecule has 3 aliphatic rings. The summed E-state index contributed by atoms with van der Waals surface area (Å²) in [6.07, 6.45) is 1.54. The third kappa shape index (κ3) is 5.28. The lowest BCUT2D eigenvalue weighted by molar-refractivity contribution is -0.138. The molecular formula is C25H32N6O5. The summed E-state index contributed by atoms with van der Waals surface area (Å²) in [5.74, 6) is 1.47. The molecule has 0 unspecified atom stereocenters. The van der Waals surface area contributed by atoms with Crippen LogP contribution in [-0.4, -0.2) is 97.7 Å². The number of aliphatic hydroxyl groups is 1. The van der Waals surface area contributed by atoms with E-state index in [4.69, 9.17) is 24.5 Å². The highest BCUT2D eigenvalue weighted by Gasteiger charge is 2.55. The number of morpholine rings is 2. The molecule has 2 saturated heterocycles. The molecule has 1 aromatic heterocycles. The molecule has 192 valence electrons. The van der Waals surface area contributed by atoms with Crippen LogP contribution in [0.25, 0.3) is 11.4 Å². The predicted octanol–water partition coefficient (Wildman–Crippen LogP) is 0.984. The van der Waals surface area contributed by atoms with Gasteiger partial charge in [-0.2, -0.15) is 0 Å². The largest absolute Gasteiger partial charge is 0.395 e. The van der Waals surface area contributed by atoms with Gasteiger partial charge in [-0.25, -0.2) is 14.8 Å². The van der Waals surface area contributed by atoms with E-state index in [1.165, 1.54) is 0 Å². The van der Waals surface area contributed by atoms with Gasteiger partial charge in [0.15, 0.2) is 5.82 Å². The van der Waals surface area contributed by atoms with Crippen molar-refractivity contribution in [2.45, 2.75) is 18.3 Å². The molecule has 3 heterocycles. The second kappa shape index (κ2) is 10.8. The SMILES string of the molecule is O=C(NCCO)Nc1ccc(-c2nc(N3CCOCC3)cc(C3(C(=O)N4CCOCC4)CC3)n2)cc1. The van der Waals surface area contributed by atoms with Gasteiger partial charge in [-0.05, 0) is 37.1 Å². The highest BCUT2D eigenvalue weighted by atomic mass is 16.5. The van der Waals surface area contributed by atoms with Crippen LogP contribution in [0.4, 0.5) is 16.3 Å². The van der Waals surface area contributed by atoms with Gasteiger partial charge in [-0.15, -0.1) is 0 Å². The first-order valence-electron chi connectivity index (χ1n) is 12.4. The number of nitrogens with zero attached hydrogens (tertiary/aromatic N) is 4. The fraction of sp³-hybridized carbons (Fsp3) is 0.520. The topological polar surface area (TPSA) is 129 Å². The van der Waals surface area contributed by atoms with Crippen molar-refractivity contribution < 1.29 is 24.2 Å². The first-order chi connectivity index (χ1) is 17.6. The molecule has 11 heteroatoms. The van der Waals surface area contributed by atoms with E-state index in [9.17, 15) is 9.59 Å². The molecule has 1 aliphatic carbocycles. The molecule has 0 radical (unpaired) electrons. The van der Waals surface area contributed by atoms with Crippen LogP contribution in [0.2, 0.25) is 0 Å². The Hall–Kier alpha value is -3.28. The van der Waals surface area contributed by atoms with Gasteiger partial charge >= 0.3 is 6.03 Å². The number of amides is 3. The fourth-order valence-electron chi connectivity index (χ4n) is 4.58. The molecule has 3 N–H and O–H groups in total. The van der Waals surface area contributed by atoms with E-state index in [2.05, 4.69) is 15.5 Å². The Balaban J connectivity index is 1.43. The number of carbonyl (C=O) groups is 2. The first kappa shape index (κ1) is 24.4. The van der Waals surface area contributed by atoms with E-state index < -0.39 is 5.41 Å². The van der Waals surface area contributed by atoms with Gasteiger partial charge in [0.05, 0.1) is 44.1 Å². The molecule has 0 bridgehead atoms. The molecule has 36 heavy (non-hydrogen) atoms. The number of rotatable bonds is 7. The number of nitrogens with one attached hydrogen (secondary N) is 2. The average molecular weight is 497 g/mol. The number of ether oxygens (including phenoxy) is 2. The summed E-state index contributed by atoms with van der Waals surface area (Å²) in [6.45, 7) is 5.11. The highest BCUT2D eigenvalue weighted by molar-refractivity contribution is 5.91. The van der Waals surface area contributed by atoms with Crippen molar-refractivity contribution in [3.05, 3.63) is 36.0 Å². The van der Waals surface area contributed by atoms with E-state index >= 15 is 0 Å². The normalized spacial score (nSPS) is 19.0. The highest BCUT2D eigenvalue weighted by Crippen LogP contribution is 2.50. The number of aliphatic hydroxyl groups excluding tert-OH is 1. The van der Waals surface area contributed by atoms with Crippen LogP contribution in [-0.2, 0) is 19.7 Å². The van der Waals surface area contributed by atoms with Crippen LogP contribution in [0.1, 0.15) is 18.5 Å². The van der Waals surface area contributed by atoms with Gasteiger partial charge in [0, 0.05) is 50.0 Å². The lowest BCUT2D eigenvalue weighted by Crippen LogP contribution is -2.46. The molecule has 5 rings (SSSR count). The Labute approximate surface area is 209 Å². The molecule has 0 spiro atoms. The molecule has 1 saturated carbocycles. The lowest BCUT2D eigenvalue weighted by atomic mass is 9.99. The van der Waals surface area contributed by atoms with Gasteiger partial charge in [0.2, 0.25) is 5.91 Å². The van der Waals surface area contributed by atoms with Crippen LogP contribution in [0.15, 0.2) is 30.3 Å². The number of hydrogen-bond acceptors (Lipinski definition) is 8. The monoisotopic (exact) mass is 496 g/mol. The molecule has 2 aliphatic heterocycles. The number of urea groups is 1. The van der Waals surface area contributed by atoms with Crippen molar-refractivity contribution in [1.29, 1.82) is 0 Å². The van der Waals surface area contributed by atoms with Gasteiger partial charge < -0.3 is 35.0 Å². The predicted molar refractivity (Wildman–Crippen MR) is 133 cm³/mol. The third-order valence-electron chi connectivity index (χ3n) is 6.79. The van der Waals surface area contributed by atoms with E-state index in [0.717, 1.165) is 43.0 Å². The minimum Gasteiger partial charge on any atom is -0.395 e. The van der Waals surface area contributed by atoms with Crippen LogP contribution in [0.3, 0.4) is 0 Å². The summed E-state index contributed by atoms with van der Waals surface area (Å²) in [4.78, 5) is 39.3. The number of aromatic nitrogens is 2. The first-order valence-corrected chi connectivity index (χ1v) is 12.4. The van der Waals surface area contributed by atoms with Crippen LogP contribution in [0.5, 0.6) is 0 Å². The molecule has 11 nitrogen and oxygen atoms in total. The second-order valence-corrected chi connectivity index (χ2v) is 9.20. The summed E-state index contributed by atoms with van der Waals surface area (Å²) >= 11 is 0. The summed E-state index contributed by atoms with van der Waals surface area (Å²) in [6, 6.07) is 8.86. The minimum atomic E-state index is -0.609. The molecule has 3 amide bonds. The molecule has 2 aromatic rings. The van der Waals surface area contributed by atoms with Crippen molar-refractivity contribution in [1.82, 2.24) is 20.2 Å². The quantitative estimate of drug-likeness (QED) is 0.518. The average Bonchev–Trinajstić information content (AvgIpc) is 3.75. The third-order valence-corrected chi connectivity index (χ3v) is 6.79. The summed E-state index contributed by atoms with van der Waals surface area (Å²) in [5, 5.41) is 14.1. The molecule has 0 atom stereocenters. The van der Waals surface area contributed by atoms with Gasteiger partial charge in [0.25, 0.3) is 0 Å². The van der Waals surface area contributed by atoms with Gasteiger partial charge in [-0.3, -0.25) is 4.79 Å². The van der Waals surface area contributed by atoms with Crippen molar-refractivity contribution in [2.24, 2.45) is 0 Å². The molecule has 3 fully saturated rings. The number of benzene rings is 1. The standard InChI is InChI=1S/C25H32N6O5/c32-12-7-26-24(34)27-19-3-1-18(2-4-19)22-28-20(17-21(29-22)30-8-13-35-14-9-30)25(5-6-25)23(33)31-10-15-36-16-11-31/h1-4,17,32H,5-16H2,(H2,26,27,34). The van der Waals surface area contributed by atoms with E-state index in [1.807, 2.05) is 23.1 Å². The van der Waals surface area contributed by atoms with Crippen LogP contribution >= 0.6 is 0 Å². The van der Waals surface area contributed by atoms with Crippen LogP contribution in [0, 0.1) is 0 Å². The fourth-order valence-corrected chi connectivity index (χ4v) is 4.58. The number of anilines is 2. The van der Waals surface area contributed by atoms with Crippen molar-refractivity contribution >= 4 is 23.4 Å². The molecule has 1 aromatic carbocycles. The Kier molecular flexibility index (Phi) is 7.30. The van der Waals surface area contributed by atoms with E-state index in [-0.39, 0.29) is 25.1 Å². The Bertz CT molecular complexity index is 1080. The van der Waals surface area contributed by atoms with Gasteiger partial charge in [-0.1, -0.05) is 0 Å². The van der Waals surface area contributed by atoms with E-state index in [1.54, 1.807) is 12.1 Å². The zero-order chi connectivity index (χ0) is 25.0. The Morgan fingerprint density at radius 3 is 2.28 bits per heavy atom. The zero-order valence-electron chi connectivity index (χ0n) is 20.2. The molecular weight excluding hydrogens is 464 g/mol. The summed E-state index contributed by atoms with van der Waals surface area (Å²) < 4.78 is 11.0. The summed E-state index contributed by atoms with van der Waals surface area (Å²) in [5.41, 5.74) is 1.56. The Morgan fingerprint density at radius 1 is 0.972 bits per heavy atom. The maximum atomic E-state index is 13.6. The maximum Gasteiger partial charge on any atom is 0.319 e. The second-order valence-electron chi connectivity index (χ2n) is 9.20. The Morgan fingerprint density at radius 2 is 1.64 bits per heavy atom. The van der Waals surface area contributed by atoms with Crippen molar-refractivity contribution in [2.75, 3.05) is 76.0 Å². The van der Waals surface area contributed by atoms with Crippen LogP contribution < -0.4 is 15.5 Å². The smallest absolute Gasteiger partial charge is 0.319 e.